The van der Waals surface area contributed by atoms with Crippen LogP contribution in [0.2, 0.25) is 0 Å². The van der Waals surface area contributed by atoms with Crippen LogP contribution < -0.4 is 4.72 Å². The molecule has 0 radical (unpaired) electrons. The monoisotopic (exact) mass is 321 g/mol. The molecule has 96 valence electrons. The molecule has 1 aromatic rings. The van der Waals surface area contributed by atoms with Crippen LogP contribution in [-0.2, 0) is 14.8 Å². The quantitative estimate of drug-likeness (QED) is 0.783. The zero-order valence-corrected chi connectivity index (χ0v) is 12.1. The van der Waals surface area contributed by atoms with Gasteiger partial charge in [-0.05, 0) is 37.1 Å². The van der Waals surface area contributed by atoms with Crippen LogP contribution in [0.1, 0.15) is 12.8 Å². The first-order valence-corrected chi connectivity index (χ1v) is 7.58. The summed E-state index contributed by atoms with van der Waals surface area (Å²) in [5.41, 5.74) is 0. The minimum Gasteiger partial charge on any atom is -0.385 e. The number of unbranched alkanes of at least 4 members (excludes halogenated alkanes) is 1. The van der Waals surface area contributed by atoms with Crippen molar-refractivity contribution in [3.63, 3.8) is 0 Å². The lowest BCUT2D eigenvalue weighted by Gasteiger charge is -2.06. The van der Waals surface area contributed by atoms with Gasteiger partial charge in [0.1, 0.15) is 0 Å². The minimum absolute atomic E-state index is 0.285. The number of rotatable bonds is 7. The maximum Gasteiger partial charge on any atom is 0.240 e. The van der Waals surface area contributed by atoms with Gasteiger partial charge in [0.2, 0.25) is 10.0 Å². The first-order chi connectivity index (χ1) is 8.06. The summed E-state index contributed by atoms with van der Waals surface area (Å²) in [6.45, 7) is 1.09. The van der Waals surface area contributed by atoms with Crippen LogP contribution in [0.5, 0.6) is 0 Å². The van der Waals surface area contributed by atoms with Gasteiger partial charge < -0.3 is 4.74 Å². The van der Waals surface area contributed by atoms with E-state index in [9.17, 15) is 8.42 Å². The SMILES string of the molecule is COCCCCNS(=O)(=O)c1ccc(Br)cc1. The molecule has 0 saturated carbocycles. The second-order valence-electron chi connectivity index (χ2n) is 3.55. The van der Waals surface area contributed by atoms with E-state index in [-0.39, 0.29) is 4.90 Å². The van der Waals surface area contributed by atoms with E-state index in [0.717, 1.165) is 17.3 Å². The van der Waals surface area contributed by atoms with E-state index in [1.165, 1.54) is 0 Å². The first-order valence-electron chi connectivity index (χ1n) is 5.30. The highest BCUT2D eigenvalue weighted by Crippen LogP contribution is 2.14. The summed E-state index contributed by atoms with van der Waals surface area (Å²) in [6.07, 6.45) is 1.61. The van der Waals surface area contributed by atoms with E-state index in [4.69, 9.17) is 4.74 Å². The third-order valence-electron chi connectivity index (χ3n) is 2.19. The minimum atomic E-state index is -3.38. The van der Waals surface area contributed by atoms with Gasteiger partial charge in [0.25, 0.3) is 0 Å². The third-order valence-corrected chi connectivity index (χ3v) is 4.20. The number of benzene rings is 1. The molecule has 4 nitrogen and oxygen atoms in total. The van der Waals surface area contributed by atoms with Gasteiger partial charge in [0.15, 0.2) is 0 Å². The van der Waals surface area contributed by atoms with E-state index in [2.05, 4.69) is 20.7 Å². The Balaban J connectivity index is 2.48. The largest absolute Gasteiger partial charge is 0.385 e. The normalized spacial score (nSPS) is 11.6. The van der Waals surface area contributed by atoms with E-state index < -0.39 is 10.0 Å². The van der Waals surface area contributed by atoms with Crippen molar-refractivity contribution in [1.29, 1.82) is 0 Å². The highest BCUT2D eigenvalue weighted by atomic mass is 79.9. The van der Waals surface area contributed by atoms with E-state index in [0.29, 0.717) is 13.2 Å². The van der Waals surface area contributed by atoms with Gasteiger partial charge in [-0.3, -0.25) is 0 Å². The predicted octanol–water partition coefficient (Wildman–Crippen LogP) is 2.15. The fourth-order valence-electron chi connectivity index (χ4n) is 1.28. The molecule has 6 heteroatoms. The van der Waals surface area contributed by atoms with Gasteiger partial charge in [-0.15, -0.1) is 0 Å². The lowest BCUT2D eigenvalue weighted by atomic mass is 10.3. The Morgan fingerprint density at radius 3 is 2.47 bits per heavy atom. The maximum atomic E-state index is 11.8. The molecule has 0 amide bonds. The highest BCUT2D eigenvalue weighted by Gasteiger charge is 2.12. The fourth-order valence-corrected chi connectivity index (χ4v) is 2.61. The van der Waals surface area contributed by atoms with Crippen molar-refractivity contribution in [2.75, 3.05) is 20.3 Å². The second-order valence-corrected chi connectivity index (χ2v) is 6.23. The average Bonchev–Trinajstić information content (AvgIpc) is 2.29. The first kappa shape index (κ1) is 14.6. The number of hydrogen-bond acceptors (Lipinski definition) is 3. The van der Waals surface area contributed by atoms with Gasteiger partial charge in [-0.2, -0.15) is 0 Å². The molecule has 0 heterocycles. The Morgan fingerprint density at radius 1 is 1.24 bits per heavy atom. The zero-order chi connectivity index (χ0) is 12.7. The van der Waals surface area contributed by atoms with Crippen molar-refractivity contribution in [3.05, 3.63) is 28.7 Å². The molecular formula is C11H16BrNO3S. The summed E-state index contributed by atoms with van der Waals surface area (Å²) < 4.78 is 31.9. The van der Waals surface area contributed by atoms with Crippen LogP contribution >= 0.6 is 15.9 Å². The van der Waals surface area contributed by atoms with Crippen LogP contribution in [0.4, 0.5) is 0 Å². The summed E-state index contributed by atoms with van der Waals surface area (Å²) in [4.78, 5) is 0.285. The van der Waals surface area contributed by atoms with Gasteiger partial charge in [-0.25, -0.2) is 13.1 Å². The van der Waals surface area contributed by atoms with Crippen molar-refractivity contribution in [2.45, 2.75) is 17.7 Å². The highest BCUT2D eigenvalue weighted by molar-refractivity contribution is 9.10. The van der Waals surface area contributed by atoms with Crippen LogP contribution in [-0.4, -0.2) is 28.7 Å². The molecule has 0 saturated heterocycles. The Morgan fingerprint density at radius 2 is 1.88 bits per heavy atom. The molecule has 0 fully saturated rings. The number of nitrogens with one attached hydrogen (secondary N) is 1. The molecule has 0 atom stereocenters. The molecule has 0 bridgehead atoms. The Bertz CT molecular complexity index is 431. The summed E-state index contributed by atoms with van der Waals surface area (Å²) in [6, 6.07) is 6.56. The molecule has 0 aliphatic carbocycles. The summed E-state index contributed by atoms with van der Waals surface area (Å²) in [5, 5.41) is 0. The van der Waals surface area contributed by atoms with E-state index in [1.807, 2.05) is 0 Å². The number of halogens is 1. The van der Waals surface area contributed by atoms with Gasteiger partial charge in [0, 0.05) is 24.7 Å². The van der Waals surface area contributed by atoms with Crippen LogP contribution in [0, 0.1) is 0 Å². The second kappa shape index (κ2) is 7.10. The third kappa shape index (κ3) is 5.16. The Hall–Kier alpha value is -0.430. The molecule has 1 N–H and O–H groups in total. The van der Waals surface area contributed by atoms with Crippen LogP contribution in [0.25, 0.3) is 0 Å². The molecule has 0 spiro atoms. The van der Waals surface area contributed by atoms with Crippen LogP contribution in [0.15, 0.2) is 33.6 Å². The standard InChI is InChI=1S/C11H16BrNO3S/c1-16-9-3-2-8-13-17(14,15)11-6-4-10(12)5-7-11/h4-7,13H,2-3,8-9H2,1H3. The Labute approximate surface area is 111 Å². The topological polar surface area (TPSA) is 55.4 Å². The zero-order valence-electron chi connectivity index (χ0n) is 9.65. The van der Waals surface area contributed by atoms with Crippen LogP contribution in [0.3, 0.4) is 0 Å². The smallest absolute Gasteiger partial charge is 0.240 e. The van der Waals surface area contributed by atoms with Gasteiger partial charge in [-0.1, -0.05) is 15.9 Å². The van der Waals surface area contributed by atoms with E-state index in [1.54, 1.807) is 31.4 Å². The number of hydrogen-bond donors (Lipinski definition) is 1. The summed E-state index contributed by atoms with van der Waals surface area (Å²) >= 11 is 3.26. The number of methoxy groups -OCH3 is 1. The molecule has 0 unspecified atom stereocenters. The predicted molar refractivity (Wildman–Crippen MR) is 70.4 cm³/mol. The fraction of sp³-hybridized carbons (Fsp3) is 0.455. The number of ether oxygens (including phenoxy) is 1. The number of sulfonamides is 1. The summed E-state index contributed by atoms with van der Waals surface area (Å²) in [7, 11) is -1.74. The lowest BCUT2D eigenvalue weighted by molar-refractivity contribution is 0.193. The van der Waals surface area contributed by atoms with Crippen molar-refractivity contribution in [1.82, 2.24) is 4.72 Å². The maximum absolute atomic E-state index is 11.8. The summed E-state index contributed by atoms with van der Waals surface area (Å²) in [5.74, 6) is 0. The Kier molecular flexibility index (Phi) is 6.11. The molecule has 1 aromatic carbocycles. The van der Waals surface area contributed by atoms with Crippen molar-refractivity contribution < 1.29 is 13.2 Å². The molecule has 1 rings (SSSR count). The lowest BCUT2D eigenvalue weighted by Crippen LogP contribution is -2.24. The average molecular weight is 322 g/mol. The van der Waals surface area contributed by atoms with Crippen molar-refractivity contribution in [2.24, 2.45) is 0 Å². The van der Waals surface area contributed by atoms with Crippen molar-refractivity contribution >= 4 is 26.0 Å². The van der Waals surface area contributed by atoms with Gasteiger partial charge in [0.05, 0.1) is 4.90 Å². The molecule has 0 aliphatic rings. The molecular weight excluding hydrogens is 306 g/mol. The molecule has 0 aliphatic heterocycles. The van der Waals surface area contributed by atoms with E-state index >= 15 is 0 Å². The van der Waals surface area contributed by atoms with Crippen molar-refractivity contribution in [3.8, 4) is 0 Å². The molecule has 0 aromatic heterocycles. The van der Waals surface area contributed by atoms with Gasteiger partial charge >= 0.3 is 0 Å². The molecule has 17 heavy (non-hydrogen) atoms.